The monoisotopic (exact) mass is 344 g/mol. The van der Waals surface area contributed by atoms with Crippen molar-refractivity contribution in [2.45, 2.75) is 52.9 Å². The van der Waals surface area contributed by atoms with Gasteiger partial charge in [0.05, 0.1) is 11.8 Å². The largest absolute Gasteiger partial charge is 0.481 e. The number of benzene rings is 2. The maximum absolute atomic E-state index is 10.5. The number of carboxylic acid groups (broad SMARTS) is 2. The van der Waals surface area contributed by atoms with Crippen molar-refractivity contribution in [3.05, 3.63) is 48.0 Å². The lowest BCUT2D eigenvalue weighted by Gasteiger charge is -2.19. The van der Waals surface area contributed by atoms with E-state index in [-0.39, 0.29) is 6.42 Å². The molecule has 2 atom stereocenters. The van der Waals surface area contributed by atoms with Gasteiger partial charge in [-0.25, -0.2) is 0 Å². The third-order valence-electron chi connectivity index (χ3n) is 4.79. The molecule has 2 unspecified atom stereocenters. The number of hydrogen-bond donors (Lipinski definition) is 2. The number of carbonyl (C=O) groups is 2. The van der Waals surface area contributed by atoms with Crippen LogP contribution < -0.4 is 0 Å². The van der Waals surface area contributed by atoms with E-state index in [1.54, 1.807) is 6.92 Å². The standard InChI is InChI=1S/C14H16.C7H12O4/c1-3-11(2)13-9-8-12-6-4-5-7-14(12)10-13;1-3-7(2,6(10)11)4-5(8)9/h4-11H,3H2,1-2H3;3-4H2,1-2H3,(H,8,9)(H,10,11). The van der Waals surface area contributed by atoms with Crippen LogP contribution in [0.3, 0.4) is 0 Å². The van der Waals surface area contributed by atoms with Gasteiger partial charge in [0, 0.05) is 0 Å². The van der Waals surface area contributed by atoms with Gasteiger partial charge in [0.15, 0.2) is 0 Å². The Morgan fingerprint density at radius 3 is 2.08 bits per heavy atom. The Labute approximate surface area is 149 Å². The van der Waals surface area contributed by atoms with Crippen molar-refractivity contribution in [1.82, 2.24) is 0 Å². The zero-order valence-corrected chi connectivity index (χ0v) is 15.5. The van der Waals surface area contributed by atoms with Gasteiger partial charge in [-0.2, -0.15) is 0 Å². The molecule has 0 amide bonds. The summed E-state index contributed by atoms with van der Waals surface area (Å²) in [4.78, 5) is 20.7. The van der Waals surface area contributed by atoms with Gasteiger partial charge in [0.25, 0.3) is 0 Å². The van der Waals surface area contributed by atoms with Gasteiger partial charge < -0.3 is 10.2 Å². The average molecular weight is 344 g/mol. The lowest BCUT2D eigenvalue weighted by Crippen LogP contribution is -2.29. The molecular formula is C21H28O4. The fourth-order valence-corrected chi connectivity index (χ4v) is 2.44. The second kappa shape index (κ2) is 9.21. The molecule has 4 heteroatoms. The first-order chi connectivity index (χ1) is 11.7. The first-order valence-electron chi connectivity index (χ1n) is 8.67. The highest BCUT2D eigenvalue weighted by Gasteiger charge is 2.33. The van der Waals surface area contributed by atoms with Crippen molar-refractivity contribution in [2.75, 3.05) is 0 Å². The minimum Gasteiger partial charge on any atom is -0.481 e. The molecule has 0 fully saturated rings. The zero-order valence-electron chi connectivity index (χ0n) is 15.5. The quantitative estimate of drug-likeness (QED) is 0.744. The van der Waals surface area contributed by atoms with E-state index in [0.29, 0.717) is 12.3 Å². The first kappa shape index (κ1) is 20.7. The summed E-state index contributed by atoms with van der Waals surface area (Å²) in [7, 11) is 0. The number of hydrogen-bond acceptors (Lipinski definition) is 2. The van der Waals surface area contributed by atoms with Crippen LogP contribution >= 0.6 is 0 Å². The van der Waals surface area contributed by atoms with Crippen LogP contribution in [0.15, 0.2) is 42.5 Å². The van der Waals surface area contributed by atoms with Crippen LogP contribution in [-0.4, -0.2) is 22.2 Å². The van der Waals surface area contributed by atoms with Gasteiger partial charge in [-0.1, -0.05) is 63.2 Å². The predicted molar refractivity (Wildman–Crippen MR) is 101 cm³/mol. The van der Waals surface area contributed by atoms with Gasteiger partial charge in [0.2, 0.25) is 0 Å². The molecular weight excluding hydrogens is 316 g/mol. The van der Waals surface area contributed by atoms with Crippen molar-refractivity contribution in [3.63, 3.8) is 0 Å². The van der Waals surface area contributed by atoms with Crippen LogP contribution in [0.1, 0.15) is 58.4 Å². The summed E-state index contributed by atoms with van der Waals surface area (Å²) in [6.07, 6.45) is 1.21. The van der Waals surface area contributed by atoms with E-state index >= 15 is 0 Å². The summed E-state index contributed by atoms with van der Waals surface area (Å²) >= 11 is 0. The van der Waals surface area contributed by atoms with Gasteiger partial charge in [-0.3, -0.25) is 9.59 Å². The maximum Gasteiger partial charge on any atom is 0.309 e. The molecule has 0 heterocycles. The Morgan fingerprint density at radius 2 is 1.64 bits per heavy atom. The molecule has 136 valence electrons. The summed E-state index contributed by atoms with van der Waals surface area (Å²) in [5.74, 6) is -1.46. The number of aliphatic carboxylic acids is 2. The highest BCUT2D eigenvalue weighted by atomic mass is 16.4. The highest BCUT2D eigenvalue weighted by Crippen LogP contribution is 2.25. The lowest BCUT2D eigenvalue weighted by molar-refractivity contribution is -0.154. The molecule has 0 aliphatic heterocycles. The third kappa shape index (κ3) is 5.89. The predicted octanol–water partition coefficient (Wildman–Crippen LogP) is 5.32. The zero-order chi connectivity index (χ0) is 19.0. The van der Waals surface area contributed by atoms with Crippen LogP contribution in [0, 0.1) is 5.41 Å². The molecule has 0 saturated heterocycles. The molecule has 2 N–H and O–H groups in total. The van der Waals surface area contributed by atoms with Crippen LogP contribution in [0.5, 0.6) is 0 Å². The summed E-state index contributed by atoms with van der Waals surface area (Å²) in [6, 6.07) is 15.3. The summed E-state index contributed by atoms with van der Waals surface area (Å²) < 4.78 is 0. The molecule has 25 heavy (non-hydrogen) atoms. The highest BCUT2D eigenvalue weighted by molar-refractivity contribution is 5.83. The van der Waals surface area contributed by atoms with E-state index in [4.69, 9.17) is 10.2 Å². The van der Waals surface area contributed by atoms with Gasteiger partial charge in [-0.15, -0.1) is 0 Å². The van der Waals surface area contributed by atoms with E-state index in [9.17, 15) is 9.59 Å². The SMILES string of the molecule is CCC(C)(CC(=O)O)C(=O)O.CCC(C)c1ccc2ccccc2c1. The summed E-state index contributed by atoms with van der Waals surface area (Å²) in [6.45, 7) is 7.62. The minimum absolute atomic E-state index is 0.321. The molecule has 0 aliphatic carbocycles. The second-order valence-electron chi connectivity index (χ2n) is 6.71. The first-order valence-corrected chi connectivity index (χ1v) is 8.67. The van der Waals surface area contributed by atoms with Crippen molar-refractivity contribution < 1.29 is 19.8 Å². The summed E-state index contributed by atoms with van der Waals surface area (Å²) in [5.41, 5.74) is 0.331. The van der Waals surface area contributed by atoms with Crippen molar-refractivity contribution in [1.29, 1.82) is 0 Å². The van der Waals surface area contributed by atoms with Gasteiger partial charge in [-0.05, 0) is 42.0 Å². The van der Waals surface area contributed by atoms with Crippen LogP contribution in [0.4, 0.5) is 0 Å². The average Bonchev–Trinajstić information content (AvgIpc) is 2.60. The van der Waals surface area contributed by atoms with Crippen molar-refractivity contribution in [3.8, 4) is 0 Å². The normalized spacial score (nSPS) is 14.1. The van der Waals surface area contributed by atoms with Gasteiger partial charge >= 0.3 is 11.9 Å². The molecule has 0 saturated carbocycles. The van der Waals surface area contributed by atoms with Crippen LogP contribution in [0.2, 0.25) is 0 Å². The molecule has 2 aromatic rings. The fourth-order valence-electron chi connectivity index (χ4n) is 2.44. The Hall–Kier alpha value is -2.36. The molecule has 0 aromatic heterocycles. The lowest BCUT2D eigenvalue weighted by atomic mass is 9.84. The second-order valence-corrected chi connectivity index (χ2v) is 6.71. The number of carboxylic acids is 2. The minimum atomic E-state index is -1.12. The summed E-state index contributed by atoms with van der Waals surface area (Å²) in [5, 5.41) is 19.7. The topological polar surface area (TPSA) is 74.6 Å². The number of fused-ring (bicyclic) bond motifs is 1. The fraction of sp³-hybridized carbons (Fsp3) is 0.429. The van der Waals surface area contributed by atoms with E-state index in [1.807, 2.05) is 0 Å². The Kier molecular flexibility index (Phi) is 7.62. The van der Waals surface area contributed by atoms with Crippen LogP contribution in [-0.2, 0) is 9.59 Å². The van der Waals surface area contributed by atoms with E-state index < -0.39 is 17.4 Å². The molecule has 0 bridgehead atoms. The van der Waals surface area contributed by atoms with E-state index in [0.717, 1.165) is 0 Å². The maximum atomic E-state index is 10.5. The Balaban J connectivity index is 0.000000260. The molecule has 0 radical (unpaired) electrons. The molecule has 4 nitrogen and oxygen atoms in total. The Bertz CT molecular complexity index is 723. The molecule has 2 rings (SSSR count). The third-order valence-corrected chi connectivity index (χ3v) is 4.79. The van der Waals surface area contributed by atoms with Crippen LogP contribution in [0.25, 0.3) is 10.8 Å². The molecule has 2 aromatic carbocycles. The van der Waals surface area contributed by atoms with E-state index in [2.05, 4.69) is 56.3 Å². The Morgan fingerprint density at radius 1 is 1.04 bits per heavy atom. The molecule has 0 spiro atoms. The molecule has 0 aliphatic rings. The van der Waals surface area contributed by atoms with E-state index in [1.165, 1.54) is 29.7 Å². The van der Waals surface area contributed by atoms with Gasteiger partial charge in [0.1, 0.15) is 0 Å². The smallest absolute Gasteiger partial charge is 0.309 e. The van der Waals surface area contributed by atoms with Crippen molar-refractivity contribution in [2.24, 2.45) is 5.41 Å². The van der Waals surface area contributed by atoms with Crippen molar-refractivity contribution >= 4 is 22.7 Å². The number of rotatable bonds is 6.